The maximum Gasteiger partial charge on any atom is 0.342 e. The van der Waals surface area contributed by atoms with Gasteiger partial charge in [-0.1, -0.05) is 6.07 Å². The van der Waals surface area contributed by atoms with Gasteiger partial charge in [0.05, 0.1) is 4.92 Å². The molecule has 0 saturated carbocycles. The van der Waals surface area contributed by atoms with E-state index in [0.29, 0.717) is 0 Å². The van der Waals surface area contributed by atoms with E-state index in [-0.39, 0.29) is 16.9 Å². The van der Waals surface area contributed by atoms with Gasteiger partial charge in [-0.25, -0.2) is 4.79 Å². The van der Waals surface area contributed by atoms with Crippen molar-refractivity contribution in [2.24, 2.45) is 0 Å². The Kier molecular flexibility index (Phi) is 2.89. The molecule has 1 aromatic carbocycles. The van der Waals surface area contributed by atoms with E-state index in [1.807, 2.05) is 0 Å². The zero-order valence-electron chi connectivity index (χ0n) is 8.30. The summed E-state index contributed by atoms with van der Waals surface area (Å²) in [5.74, 6) is -1.30. The largest absolute Gasteiger partial charge is 0.477 e. The van der Waals surface area contributed by atoms with Crippen LogP contribution in [-0.4, -0.2) is 30.1 Å². The van der Waals surface area contributed by atoms with Gasteiger partial charge in [0, 0.05) is 14.1 Å². The molecule has 0 aliphatic carbocycles. The van der Waals surface area contributed by atoms with E-state index in [2.05, 4.69) is 0 Å². The van der Waals surface area contributed by atoms with E-state index >= 15 is 0 Å². The molecule has 0 unspecified atom stereocenters. The van der Waals surface area contributed by atoms with E-state index in [1.165, 1.54) is 23.1 Å². The molecule has 1 N–H and O–H groups in total. The first-order valence-corrected chi connectivity index (χ1v) is 4.13. The summed E-state index contributed by atoms with van der Waals surface area (Å²) in [5, 5.41) is 19.6. The average Bonchev–Trinajstić information content (AvgIpc) is 2.16. The molecule has 0 bridgehead atoms. The number of carbonyl (C=O) groups is 1. The standard InChI is InChI=1S/C9H10N2O4/c1-10(2)7-5-3-4-6(9(12)13)8(7)11(14)15/h3-5H,1-2H3,(H,12,13). The lowest BCUT2D eigenvalue weighted by Crippen LogP contribution is -2.13. The van der Waals surface area contributed by atoms with Crippen LogP contribution in [0, 0.1) is 10.1 Å². The Labute approximate surface area is 85.9 Å². The minimum absolute atomic E-state index is 0.278. The van der Waals surface area contributed by atoms with Gasteiger partial charge in [-0.2, -0.15) is 0 Å². The third-order valence-corrected chi connectivity index (χ3v) is 1.91. The molecule has 0 spiro atoms. The van der Waals surface area contributed by atoms with Gasteiger partial charge in [0.2, 0.25) is 0 Å². The van der Waals surface area contributed by atoms with E-state index < -0.39 is 10.9 Å². The second-order valence-electron chi connectivity index (χ2n) is 3.13. The minimum Gasteiger partial charge on any atom is -0.477 e. The Morgan fingerprint density at radius 2 is 2.07 bits per heavy atom. The number of nitro groups is 1. The molecule has 0 radical (unpaired) electrons. The van der Waals surface area contributed by atoms with Gasteiger partial charge < -0.3 is 10.0 Å². The molecule has 15 heavy (non-hydrogen) atoms. The number of hydrogen-bond acceptors (Lipinski definition) is 4. The van der Waals surface area contributed by atoms with E-state index in [0.717, 1.165) is 0 Å². The molecule has 0 atom stereocenters. The number of nitro benzene ring substituents is 1. The van der Waals surface area contributed by atoms with Gasteiger partial charge in [0.25, 0.3) is 0 Å². The Hall–Kier alpha value is -2.11. The first kappa shape index (κ1) is 11.0. The number of aromatic carboxylic acids is 1. The summed E-state index contributed by atoms with van der Waals surface area (Å²) in [7, 11) is 3.24. The predicted molar refractivity (Wildman–Crippen MR) is 54.4 cm³/mol. The minimum atomic E-state index is -1.30. The number of rotatable bonds is 3. The van der Waals surface area contributed by atoms with Crippen molar-refractivity contribution in [1.82, 2.24) is 0 Å². The first-order valence-electron chi connectivity index (χ1n) is 4.13. The van der Waals surface area contributed by atoms with Gasteiger partial charge in [-0.05, 0) is 12.1 Å². The van der Waals surface area contributed by atoms with Gasteiger partial charge in [-0.15, -0.1) is 0 Å². The van der Waals surface area contributed by atoms with Crippen LogP contribution < -0.4 is 4.90 Å². The molecule has 6 nitrogen and oxygen atoms in total. The van der Waals surface area contributed by atoms with Crippen molar-refractivity contribution in [3.05, 3.63) is 33.9 Å². The van der Waals surface area contributed by atoms with Crippen LogP contribution in [0.5, 0.6) is 0 Å². The van der Waals surface area contributed by atoms with Gasteiger partial charge in [0.1, 0.15) is 11.3 Å². The predicted octanol–water partition coefficient (Wildman–Crippen LogP) is 1.36. The van der Waals surface area contributed by atoms with Crippen molar-refractivity contribution in [2.75, 3.05) is 19.0 Å². The van der Waals surface area contributed by atoms with Gasteiger partial charge >= 0.3 is 11.7 Å². The first-order chi connectivity index (χ1) is 6.95. The summed E-state index contributed by atoms with van der Waals surface area (Å²) in [6, 6.07) is 4.20. The molecule has 80 valence electrons. The molecular formula is C9H10N2O4. The smallest absolute Gasteiger partial charge is 0.342 e. The van der Waals surface area contributed by atoms with Crippen molar-refractivity contribution in [3.8, 4) is 0 Å². The lowest BCUT2D eigenvalue weighted by atomic mass is 10.1. The normalized spacial score (nSPS) is 9.73. The van der Waals surface area contributed by atoms with Crippen LogP contribution in [0.3, 0.4) is 0 Å². The van der Waals surface area contributed by atoms with Crippen LogP contribution in [0.2, 0.25) is 0 Å². The van der Waals surface area contributed by atoms with Crippen LogP contribution in [0.1, 0.15) is 10.4 Å². The zero-order valence-corrected chi connectivity index (χ0v) is 8.30. The highest BCUT2D eigenvalue weighted by molar-refractivity contribution is 5.95. The highest BCUT2D eigenvalue weighted by atomic mass is 16.6. The number of benzene rings is 1. The summed E-state index contributed by atoms with van der Waals surface area (Å²) in [6.07, 6.45) is 0. The van der Waals surface area contributed by atoms with E-state index in [1.54, 1.807) is 14.1 Å². The molecule has 0 heterocycles. The third kappa shape index (κ3) is 2.04. The molecule has 1 rings (SSSR count). The lowest BCUT2D eigenvalue weighted by molar-refractivity contribution is -0.384. The molecule has 0 fully saturated rings. The number of hydrogen-bond donors (Lipinski definition) is 1. The van der Waals surface area contributed by atoms with Crippen molar-refractivity contribution in [2.45, 2.75) is 0 Å². The fourth-order valence-corrected chi connectivity index (χ4v) is 1.26. The Bertz CT molecular complexity index is 415. The average molecular weight is 210 g/mol. The summed E-state index contributed by atoms with van der Waals surface area (Å²) in [5.41, 5.74) is -0.402. The van der Waals surface area contributed by atoms with Crippen LogP contribution in [0.25, 0.3) is 0 Å². The summed E-state index contributed by atoms with van der Waals surface area (Å²) >= 11 is 0. The molecule has 0 saturated heterocycles. The van der Waals surface area contributed by atoms with Gasteiger partial charge in [-0.3, -0.25) is 10.1 Å². The Balaban J connectivity index is 3.48. The third-order valence-electron chi connectivity index (χ3n) is 1.91. The van der Waals surface area contributed by atoms with Crippen LogP contribution in [0.15, 0.2) is 18.2 Å². The molecule has 1 aromatic rings. The van der Waals surface area contributed by atoms with Crippen molar-refractivity contribution in [1.29, 1.82) is 0 Å². The second kappa shape index (κ2) is 3.95. The van der Waals surface area contributed by atoms with E-state index in [9.17, 15) is 14.9 Å². The fraction of sp³-hybridized carbons (Fsp3) is 0.222. The fourth-order valence-electron chi connectivity index (χ4n) is 1.26. The van der Waals surface area contributed by atoms with Crippen LogP contribution in [0.4, 0.5) is 11.4 Å². The Morgan fingerprint density at radius 3 is 2.47 bits per heavy atom. The van der Waals surface area contributed by atoms with Crippen LogP contribution in [-0.2, 0) is 0 Å². The Morgan fingerprint density at radius 1 is 1.47 bits per heavy atom. The quantitative estimate of drug-likeness (QED) is 0.601. The second-order valence-corrected chi connectivity index (χ2v) is 3.13. The monoisotopic (exact) mass is 210 g/mol. The van der Waals surface area contributed by atoms with E-state index in [4.69, 9.17) is 5.11 Å². The molecule has 6 heteroatoms. The maximum absolute atomic E-state index is 10.8. The molecule has 0 aliphatic heterocycles. The number of carboxylic acids is 1. The van der Waals surface area contributed by atoms with Crippen molar-refractivity contribution < 1.29 is 14.8 Å². The summed E-state index contributed by atoms with van der Waals surface area (Å²) in [6.45, 7) is 0. The topological polar surface area (TPSA) is 83.7 Å². The van der Waals surface area contributed by atoms with Crippen LogP contribution >= 0.6 is 0 Å². The lowest BCUT2D eigenvalue weighted by Gasteiger charge is -2.13. The summed E-state index contributed by atoms with van der Waals surface area (Å²) in [4.78, 5) is 22.4. The molecular weight excluding hydrogens is 200 g/mol. The molecule has 0 amide bonds. The SMILES string of the molecule is CN(C)c1cccc(C(=O)O)c1[N+](=O)[O-]. The molecule has 0 aliphatic rings. The number of nitrogens with zero attached hydrogens (tertiary/aromatic N) is 2. The number of carboxylic acid groups (broad SMARTS) is 1. The van der Waals surface area contributed by atoms with Crippen molar-refractivity contribution in [3.63, 3.8) is 0 Å². The maximum atomic E-state index is 10.8. The summed E-state index contributed by atoms with van der Waals surface area (Å²) < 4.78 is 0. The highest BCUT2D eigenvalue weighted by Gasteiger charge is 2.24. The highest BCUT2D eigenvalue weighted by Crippen LogP contribution is 2.30. The number of anilines is 1. The van der Waals surface area contributed by atoms with Gasteiger partial charge in [0.15, 0.2) is 0 Å². The van der Waals surface area contributed by atoms with Crippen molar-refractivity contribution >= 4 is 17.3 Å². The number of para-hydroxylation sites is 1. The zero-order chi connectivity index (χ0) is 11.6. The molecule has 0 aromatic heterocycles.